The molecule has 0 spiro atoms. The van der Waals surface area contributed by atoms with E-state index in [1.807, 2.05) is 32.2 Å². The fourth-order valence-electron chi connectivity index (χ4n) is 8.52. The van der Waals surface area contributed by atoms with Crippen molar-refractivity contribution in [2.75, 3.05) is 19.6 Å². The van der Waals surface area contributed by atoms with Crippen LogP contribution in [0.1, 0.15) is 106 Å². The number of ether oxygens (including phenoxy) is 1. The van der Waals surface area contributed by atoms with Gasteiger partial charge in [0.15, 0.2) is 0 Å². The molecule has 2 bridgehead atoms. The van der Waals surface area contributed by atoms with Gasteiger partial charge in [-0.05, 0) is 115 Å². The number of likely N-dealkylation sites (tertiary alicyclic amines) is 1. The second-order valence-corrected chi connectivity index (χ2v) is 16.8. The summed E-state index contributed by atoms with van der Waals surface area (Å²) >= 11 is 1.70. The van der Waals surface area contributed by atoms with Crippen LogP contribution < -0.4 is 5.32 Å². The van der Waals surface area contributed by atoms with E-state index in [-0.39, 0.29) is 23.8 Å². The zero-order valence-corrected chi connectivity index (χ0v) is 31.9. The van der Waals surface area contributed by atoms with E-state index < -0.39 is 11.5 Å². The molecule has 3 aromatic heterocycles. The van der Waals surface area contributed by atoms with Crippen molar-refractivity contribution in [3.05, 3.63) is 75.9 Å². The van der Waals surface area contributed by atoms with Gasteiger partial charge in [0.25, 0.3) is 0 Å². The molecule has 1 aromatic carbocycles. The fraction of sp³-hybridized carbons (Fsp3) is 0.512. The molecule has 2 atom stereocenters. The number of guanidine groups is 1. The molecule has 7 rings (SSSR count). The summed E-state index contributed by atoms with van der Waals surface area (Å²) in [5.74, 6) is 1.04. The van der Waals surface area contributed by atoms with Gasteiger partial charge in [-0.3, -0.25) is 20.1 Å². The van der Waals surface area contributed by atoms with Crippen molar-refractivity contribution in [1.29, 1.82) is 0 Å². The van der Waals surface area contributed by atoms with Gasteiger partial charge < -0.3 is 19.5 Å². The molecule has 51 heavy (non-hydrogen) atoms. The van der Waals surface area contributed by atoms with Gasteiger partial charge in [-0.25, -0.2) is 4.79 Å². The van der Waals surface area contributed by atoms with E-state index >= 15 is 0 Å². The van der Waals surface area contributed by atoms with Gasteiger partial charge in [0, 0.05) is 65.7 Å². The highest BCUT2D eigenvalue weighted by Crippen LogP contribution is 2.46. The Kier molecular flexibility index (Phi) is 9.73. The minimum atomic E-state index is -0.623. The van der Waals surface area contributed by atoms with Crippen molar-refractivity contribution in [3.8, 4) is 11.3 Å². The number of amides is 2. The topological polar surface area (TPSA) is 103 Å². The summed E-state index contributed by atoms with van der Waals surface area (Å²) in [6.45, 7) is 16.3. The number of alkyl carbamates (subject to hydrolysis) is 1. The number of H-pyrrole nitrogens is 1. The maximum atomic E-state index is 14.1. The van der Waals surface area contributed by atoms with Crippen LogP contribution in [0.3, 0.4) is 0 Å². The highest BCUT2D eigenvalue weighted by molar-refractivity contribution is 7.19. The van der Waals surface area contributed by atoms with Gasteiger partial charge in [0.1, 0.15) is 4.83 Å². The quantitative estimate of drug-likeness (QED) is 0.141. The molecule has 2 amide bonds. The van der Waals surface area contributed by atoms with Crippen molar-refractivity contribution in [2.45, 2.75) is 116 Å². The number of nitrogens with one attached hydrogen (secondary N) is 2. The Labute approximate surface area is 305 Å². The van der Waals surface area contributed by atoms with Crippen LogP contribution in [-0.2, 0) is 14.9 Å². The van der Waals surface area contributed by atoms with Gasteiger partial charge in [-0.15, -0.1) is 11.3 Å². The van der Waals surface area contributed by atoms with E-state index in [1.54, 1.807) is 11.3 Å². The van der Waals surface area contributed by atoms with Crippen LogP contribution in [-0.4, -0.2) is 75.5 Å². The molecule has 6 heterocycles. The lowest BCUT2D eigenvalue weighted by molar-refractivity contribution is -0.137. The highest BCUT2D eigenvalue weighted by atomic mass is 32.1. The standard InChI is InChI=1S/C41H52N6O3S/c1-24(2)50-40(49)45-39(46-17-15-28(23-46)33-10-8-9-16-42-33)43-22-27(5)35-32-21-34(41(6,7)38(48)47-30-11-12-31(47)14-13-30)51-37(32)44-36(35)29-19-25(3)18-26(4)20-29/h8-10,16,18-21,24,27-28,30-31,44H,11-15,17,22-23H2,1-7H3,(H,43,45,49)/t27-,28?,30?,31?/m1/s1. The Morgan fingerprint density at radius 3 is 2.39 bits per heavy atom. The van der Waals surface area contributed by atoms with Gasteiger partial charge in [-0.2, -0.15) is 0 Å². The first-order valence-electron chi connectivity index (χ1n) is 18.6. The molecule has 9 nitrogen and oxygen atoms in total. The van der Waals surface area contributed by atoms with E-state index in [4.69, 9.17) is 9.73 Å². The minimum absolute atomic E-state index is 0.00244. The number of thiophene rings is 1. The Balaban J connectivity index is 1.23. The van der Waals surface area contributed by atoms with E-state index in [1.165, 1.54) is 16.7 Å². The first kappa shape index (κ1) is 35.2. The van der Waals surface area contributed by atoms with E-state index in [0.29, 0.717) is 31.1 Å². The molecule has 3 aliphatic heterocycles. The Bertz CT molecular complexity index is 1900. The summed E-state index contributed by atoms with van der Waals surface area (Å²) < 4.78 is 5.49. The van der Waals surface area contributed by atoms with Crippen LogP contribution in [0.25, 0.3) is 21.5 Å². The van der Waals surface area contributed by atoms with Crippen LogP contribution >= 0.6 is 11.3 Å². The van der Waals surface area contributed by atoms with Gasteiger partial charge in [0.05, 0.1) is 17.2 Å². The number of aromatic amines is 1. The number of carbonyl (C=O) groups is 2. The second kappa shape index (κ2) is 14.1. The summed E-state index contributed by atoms with van der Waals surface area (Å²) in [7, 11) is 0. The van der Waals surface area contributed by atoms with E-state index in [9.17, 15) is 9.59 Å². The van der Waals surface area contributed by atoms with Gasteiger partial charge >= 0.3 is 6.09 Å². The predicted molar refractivity (Wildman–Crippen MR) is 206 cm³/mol. The third kappa shape index (κ3) is 7.04. The molecule has 1 unspecified atom stereocenters. The molecule has 0 radical (unpaired) electrons. The molecule has 3 aliphatic rings. The van der Waals surface area contributed by atoms with Gasteiger partial charge in [0.2, 0.25) is 11.9 Å². The summed E-state index contributed by atoms with van der Waals surface area (Å²) in [6.07, 6.45) is 6.53. The van der Waals surface area contributed by atoms with Crippen molar-refractivity contribution in [2.24, 2.45) is 4.99 Å². The lowest BCUT2D eigenvalue weighted by Gasteiger charge is -2.31. The number of carbonyl (C=O) groups excluding carboxylic acids is 2. The predicted octanol–water partition coefficient (Wildman–Crippen LogP) is 8.42. The Hall–Kier alpha value is -4.18. The zero-order chi connectivity index (χ0) is 36.0. The maximum absolute atomic E-state index is 14.1. The normalized spacial score (nSPS) is 21.3. The number of nitrogens with zero attached hydrogens (tertiary/aromatic N) is 4. The smallest absolute Gasteiger partial charge is 0.414 e. The molecule has 3 fully saturated rings. The minimum Gasteiger partial charge on any atom is -0.447 e. The second-order valence-electron chi connectivity index (χ2n) is 15.8. The van der Waals surface area contributed by atoms with Crippen LogP contribution in [0.5, 0.6) is 0 Å². The Morgan fingerprint density at radius 1 is 1.04 bits per heavy atom. The van der Waals surface area contributed by atoms with E-state index in [0.717, 1.165) is 70.7 Å². The lowest BCUT2D eigenvalue weighted by atomic mass is 9.88. The monoisotopic (exact) mass is 708 g/mol. The highest BCUT2D eigenvalue weighted by Gasteiger charge is 2.47. The van der Waals surface area contributed by atoms with Crippen molar-refractivity contribution >= 4 is 39.5 Å². The van der Waals surface area contributed by atoms with Crippen LogP contribution in [0.15, 0.2) is 53.7 Å². The molecular formula is C41H52N6O3S. The number of aliphatic imine (C=N–C) groups is 1. The van der Waals surface area contributed by atoms with Crippen LogP contribution in [0.4, 0.5) is 4.79 Å². The SMILES string of the molecule is Cc1cc(C)cc(-c2[nH]c3sc(C(C)(C)C(=O)N4C5CCC4CC5)cc3c2[C@H](C)CN=C(NC(=O)OC(C)C)N2CCC(c3ccccn3)C2)c1. The summed E-state index contributed by atoms with van der Waals surface area (Å²) in [6, 6.07) is 15.7. The third-order valence-electron chi connectivity index (χ3n) is 11.0. The Morgan fingerprint density at radius 2 is 1.75 bits per heavy atom. The number of aryl methyl sites for hydroxylation is 2. The van der Waals surface area contributed by atoms with Gasteiger partial charge in [-0.1, -0.05) is 30.2 Å². The summed E-state index contributed by atoms with van der Waals surface area (Å²) in [4.78, 5) is 47.1. The number of benzene rings is 1. The van der Waals surface area contributed by atoms with Crippen LogP contribution in [0.2, 0.25) is 0 Å². The van der Waals surface area contributed by atoms with Crippen molar-refractivity contribution in [3.63, 3.8) is 0 Å². The van der Waals surface area contributed by atoms with Crippen molar-refractivity contribution < 1.29 is 14.3 Å². The first-order chi connectivity index (χ1) is 24.4. The molecule has 0 aliphatic carbocycles. The molecular weight excluding hydrogens is 657 g/mol. The number of hydrogen-bond acceptors (Lipinski definition) is 6. The number of pyridine rings is 1. The molecule has 4 aromatic rings. The largest absolute Gasteiger partial charge is 0.447 e. The molecule has 270 valence electrons. The average molecular weight is 709 g/mol. The fourth-order valence-corrected chi connectivity index (χ4v) is 9.69. The third-order valence-corrected chi connectivity index (χ3v) is 12.4. The number of aromatic nitrogens is 2. The number of rotatable bonds is 8. The maximum Gasteiger partial charge on any atom is 0.414 e. The van der Waals surface area contributed by atoms with Crippen molar-refractivity contribution in [1.82, 2.24) is 25.1 Å². The summed E-state index contributed by atoms with van der Waals surface area (Å²) in [5, 5.41) is 4.12. The average Bonchev–Trinajstić information content (AvgIpc) is 3.92. The zero-order valence-electron chi connectivity index (χ0n) is 31.1. The molecule has 3 saturated heterocycles. The summed E-state index contributed by atoms with van der Waals surface area (Å²) in [5.41, 5.74) is 6.26. The number of fused-ring (bicyclic) bond motifs is 3. The lowest BCUT2D eigenvalue weighted by Crippen LogP contribution is -2.45. The molecule has 0 saturated carbocycles. The first-order valence-corrected chi connectivity index (χ1v) is 19.5. The molecule has 10 heteroatoms. The number of hydrogen-bond donors (Lipinski definition) is 2. The molecule has 2 N–H and O–H groups in total. The van der Waals surface area contributed by atoms with Crippen LogP contribution in [0, 0.1) is 13.8 Å². The van der Waals surface area contributed by atoms with E-state index in [2.05, 4.69) is 90.0 Å².